The Bertz CT molecular complexity index is 251. The minimum atomic E-state index is 0.450. The zero-order valence-electron chi connectivity index (χ0n) is 7.26. The summed E-state index contributed by atoms with van der Waals surface area (Å²) in [6, 6.07) is 10.4. The number of halogens is 1. The maximum Gasteiger partial charge on any atom is 0.0147 e. The average Bonchev–Trinajstić information content (AvgIpc) is 2.07. The molecule has 0 fully saturated rings. The summed E-state index contributed by atoms with van der Waals surface area (Å²) in [4.78, 5) is 0. The van der Waals surface area contributed by atoms with E-state index in [2.05, 4.69) is 53.7 Å². The van der Waals surface area contributed by atoms with Gasteiger partial charge in [0.05, 0.1) is 0 Å². The van der Waals surface area contributed by atoms with Crippen molar-refractivity contribution in [2.24, 2.45) is 0 Å². The standard InChI is InChI=1S/C11H13Br/c1-3-11(9(2)12)10-7-5-4-6-8-10/h4-8,11H,2-3H2,1H3. The Morgan fingerprint density at radius 1 is 1.42 bits per heavy atom. The van der Waals surface area contributed by atoms with Crippen LogP contribution in [-0.4, -0.2) is 0 Å². The highest BCUT2D eigenvalue weighted by Crippen LogP contribution is 2.29. The first-order chi connectivity index (χ1) is 5.75. The van der Waals surface area contributed by atoms with Gasteiger partial charge in [0.2, 0.25) is 0 Å². The van der Waals surface area contributed by atoms with Crippen molar-refractivity contribution in [3.63, 3.8) is 0 Å². The van der Waals surface area contributed by atoms with Crippen LogP contribution in [0.25, 0.3) is 0 Å². The Morgan fingerprint density at radius 3 is 2.42 bits per heavy atom. The fourth-order valence-electron chi connectivity index (χ4n) is 1.32. The van der Waals surface area contributed by atoms with Crippen molar-refractivity contribution in [1.82, 2.24) is 0 Å². The maximum absolute atomic E-state index is 3.92. The van der Waals surface area contributed by atoms with Crippen LogP contribution in [0.4, 0.5) is 0 Å². The number of benzene rings is 1. The normalized spacial score (nSPS) is 12.5. The minimum absolute atomic E-state index is 0.450. The van der Waals surface area contributed by atoms with Crippen LogP contribution in [0.15, 0.2) is 41.4 Å². The zero-order chi connectivity index (χ0) is 8.97. The molecule has 1 aromatic rings. The monoisotopic (exact) mass is 224 g/mol. The fraction of sp³-hybridized carbons (Fsp3) is 0.273. The summed E-state index contributed by atoms with van der Waals surface area (Å²) in [6.07, 6.45) is 1.09. The molecular weight excluding hydrogens is 212 g/mol. The summed E-state index contributed by atoms with van der Waals surface area (Å²) in [5.74, 6) is 0.450. The Labute approximate surface area is 82.4 Å². The second-order valence-electron chi connectivity index (χ2n) is 2.82. The van der Waals surface area contributed by atoms with Gasteiger partial charge in [-0.05, 0) is 16.5 Å². The first-order valence-corrected chi connectivity index (χ1v) is 4.94. The molecule has 0 aromatic heterocycles. The second-order valence-corrected chi connectivity index (χ2v) is 3.84. The Morgan fingerprint density at radius 2 is 2.00 bits per heavy atom. The molecule has 1 heteroatoms. The fourth-order valence-corrected chi connectivity index (χ4v) is 1.91. The van der Waals surface area contributed by atoms with Crippen LogP contribution in [-0.2, 0) is 0 Å². The van der Waals surface area contributed by atoms with Crippen LogP contribution in [0.3, 0.4) is 0 Å². The molecule has 0 radical (unpaired) electrons. The molecule has 1 rings (SSSR count). The molecule has 0 amide bonds. The Balaban J connectivity index is 2.88. The zero-order valence-corrected chi connectivity index (χ0v) is 8.84. The van der Waals surface area contributed by atoms with Gasteiger partial charge in [-0.1, -0.05) is 59.8 Å². The highest BCUT2D eigenvalue weighted by atomic mass is 79.9. The Hall–Kier alpha value is -0.560. The van der Waals surface area contributed by atoms with Gasteiger partial charge in [-0.25, -0.2) is 0 Å². The van der Waals surface area contributed by atoms with Crippen LogP contribution in [0.5, 0.6) is 0 Å². The van der Waals surface area contributed by atoms with Crippen molar-refractivity contribution < 1.29 is 0 Å². The summed E-state index contributed by atoms with van der Waals surface area (Å²) >= 11 is 3.44. The quantitative estimate of drug-likeness (QED) is 0.726. The summed E-state index contributed by atoms with van der Waals surface area (Å²) in [7, 11) is 0. The molecule has 0 aliphatic rings. The highest BCUT2D eigenvalue weighted by Gasteiger charge is 2.09. The van der Waals surface area contributed by atoms with Crippen LogP contribution >= 0.6 is 15.9 Å². The lowest BCUT2D eigenvalue weighted by molar-refractivity contribution is 0.799. The predicted molar refractivity (Wildman–Crippen MR) is 57.5 cm³/mol. The third-order valence-electron chi connectivity index (χ3n) is 1.99. The number of rotatable bonds is 3. The summed E-state index contributed by atoms with van der Waals surface area (Å²) < 4.78 is 1.07. The number of hydrogen-bond acceptors (Lipinski definition) is 0. The molecule has 0 heterocycles. The van der Waals surface area contributed by atoms with E-state index in [1.54, 1.807) is 0 Å². The molecular formula is C11H13Br. The van der Waals surface area contributed by atoms with Crippen LogP contribution in [0, 0.1) is 0 Å². The summed E-state index contributed by atoms with van der Waals surface area (Å²) in [6.45, 7) is 6.09. The van der Waals surface area contributed by atoms with Gasteiger partial charge >= 0.3 is 0 Å². The molecule has 1 unspecified atom stereocenters. The SMILES string of the molecule is C=C(Br)C(CC)c1ccccc1. The van der Waals surface area contributed by atoms with E-state index in [0.717, 1.165) is 10.9 Å². The third kappa shape index (κ3) is 2.21. The molecule has 1 aromatic carbocycles. The lowest BCUT2D eigenvalue weighted by atomic mass is 9.97. The van der Waals surface area contributed by atoms with Crippen molar-refractivity contribution >= 4 is 15.9 Å². The molecule has 64 valence electrons. The second kappa shape index (κ2) is 4.46. The lowest BCUT2D eigenvalue weighted by Crippen LogP contribution is -1.95. The summed E-state index contributed by atoms with van der Waals surface area (Å²) in [5.41, 5.74) is 1.34. The van der Waals surface area contributed by atoms with Gasteiger partial charge in [0.1, 0.15) is 0 Å². The van der Waals surface area contributed by atoms with E-state index >= 15 is 0 Å². The van der Waals surface area contributed by atoms with Gasteiger partial charge in [-0.2, -0.15) is 0 Å². The number of allylic oxidation sites excluding steroid dienone is 1. The van der Waals surface area contributed by atoms with Crippen molar-refractivity contribution in [2.75, 3.05) is 0 Å². The minimum Gasteiger partial charge on any atom is -0.0882 e. The molecule has 0 saturated heterocycles. The van der Waals surface area contributed by atoms with Crippen LogP contribution < -0.4 is 0 Å². The van der Waals surface area contributed by atoms with E-state index in [-0.39, 0.29) is 0 Å². The van der Waals surface area contributed by atoms with E-state index in [1.807, 2.05) is 6.07 Å². The first kappa shape index (κ1) is 9.53. The van der Waals surface area contributed by atoms with Crippen LogP contribution in [0.1, 0.15) is 24.8 Å². The van der Waals surface area contributed by atoms with Crippen molar-refractivity contribution in [3.05, 3.63) is 47.0 Å². The van der Waals surface area contributed by atoms with E-state index in [9.17, 15) is 0 Å². The van der Waals surface area contributed by atoms with Gasteiger partial charge < -0.3 is 0 Å². The van der Waals surface area contributed by atoms with E-state index in [0.29, 0.717) is 5.92 Å². The molecule has 0 spiro atoms. The van der Waals surface area contributed by atoms with Crippen LogP contribution in [0.2, 0.25) is 0 Å². The third-order valence-corrected chi connectivity index (χ3v) is 2.54. The van der Waals surface area contributed by atoms with Crippen molar-refractivity contribution in [3.8, 4) is 0 Å². The van der Waals surface area contributed by atoms with Gasteiger partial charge in [-0.15, -0.1) is 0 Å². The molecule has 12 heavy (non-hydrogen) atoms. The molecule has 1 atom stereocenters. The smallest absolute Gasteiger partial charge is 0.0147 e. The molecule has 0 N–H and O–H groups in total. The maximum atomic E-state index is 3.92. The average molecular weight is 225 g/mol. The van der Waals surface area contributed by atoms with Crippen molar-refractivity contribution in [1.29, 1.82) is 0 Å². The van der Waals surface area contributed by atoms with Crippen molar-refractivity contribution in [2.45, 2.75) is 19.3 Å². The van der Waals surface area contributed by atoms with E-state index < -0.39 is 0 Å². The van der Waals surface area contributed by atoms with Gasteiger partial charge in [0.15, 0.2) is 0 Å². The topological polar surface area (TPSA) is 0 Å². The predicted octanol–water partition coefficient (Wildman–Crippen LogP) is 4.09. The molecule has 0 bridgehead atoms. The highest BCUT2D eigenvalue weighted by molar-refractivity contribution is 9.11. The van der Waals surface area contributed by atoms with Gasteiger partial charge in [-0.3, -0.25) is 0 Å². The number of hydrogen-bond donors (Lipinski definition) is 0. The molecule has 0 nitrogen and oxygen atoms in total. The lowest BCUT2D eigenvalue weighted by Gasteiger charge is -2.13. The summed E-state index contributed by atoms with van der Waals surface area (Å²) in [5, 5.41) is 0. The molecule has 0 saturated carbocycles. The largest absolute Gasteiger partial charge is 0.0882 e. The van der Waals surface area contributed by atoms with E-state index in [1.165, 1.54) is 5.56 Å². The van der Waals surface area contributed by atoms with E-state index in [4.69, 9.17) is 0 Å². The molecule has 0 aliphatic heterocycles. The first-order valence-electron chi connectivity index (χ1n) is 4.15. The Kier molecular flexibility index (Phi) is 3.54. The van der Waals surface area contributed by atoms with Gasteiger partial charge in [0.25, 0.3) is 0 Å². The van der Waals surface area contributed by atoms with Gasteiger partial charge in [0, 0.05) is 5.92 Å². The molecule has 0 aliphatic carbocycles.